The quantitative estimate of drug-likeness (QED) is 0.620. The number of nitrogens with zero attached hydrogens (tertiary/aromatic N) is 4. The van der Waals surface area contributed by atoms with Crippen LogP contribution in [0.15, 0.2) is 65.4 Å². The van der Waals surface area contributed by atoms with Crippen molar-refractivity contribution in [3.63, 3.8) is 0 Å². The lowest BCUT2D eigenvalue weighted by Crippen LogP contribution is -2.45. The van der Waals surface area contributed by atoms with Crippen LogP contribution in [-0.2, 0) is 19.5 Å². The maximum atomic E-state index is 12.3. The van der Waals surface area contributed by atoms with Gasteiger partial charge in [-0.2, -0.15) is 0 Å². The standard InChI is InChI=1S/C23H27N5O2/c29-23(25-11-9-20-8-4-5-10-24-20)21-18-30-22(26-21)17-28-14-12-27(13-15-28)16-19-6-2-1-3-7-19/h1-8,10,18H,9,11-17H2,(H,25,29). The van der Waals surface area contributed by atoms with Gasteiger partial charge in [0.25, 0.3) is 5.91 Å². The third-order valence-electron chi connectivity index (χ3n) is 5.25. The maximum Gasteiger partial charge on any atom is 0.273 e. The number of oxazole rings is 1. The molecule has 1 aromatic carbocycles. The van der Waals surface area contributed by atoms with Crippen LogP contribution in [0.25, 0.3) is 0 Å². The third kappa shape index (κ3) is 5.75. The van der Waals surface area contributed by atoms with Crippen LogP contribution in [0.1, 0.15) is 27.6 Å². The SMILES string of the molecule is O=C(NCCc1ccccn1)c1coc(CN2CCN(Cc3ccccc3)CC2)n1. The van der Waals surface area contributed by atoms with Crippen molar-refractivity contribution in [1.29, 1.82) is 0 Å². The molecule has 0 saturated carbocycles. The van der Waals surface area contributed by atoms with Gasteiger partial charge in [0.15, 0.2) is 5.69 Å². The number of hydrogen-bond acceptors (Lipinski definition) is 6. The van der Waals surface area contributed by atoms with E-state index in [1.54, 1.807) is 6.20 Å². The van der Waals surface area contributed by atoms with Crippen LogP contribution in [0.2, 0.25) is 0 Å². The van der Waals surface area contributed by atoms with E-state index in [0.29, 0.717) is 31.1 Å². The van der Waals surface area contributed by atoms with Gasteiger partial charge >= 0.3 is 0 Å². The average Bonchev–Trinajstić information content (AvgIpc) is 3.25. The van der Waals surface area contributed by atoms with E-state index >= 15 is 0 Å². The minimum absolute atomic E-state index is 0.214. The summed E-state index contributed by atoms with van der Waals surface area (Å²) < 4.78 is 5.54. The lowest BCUT2D eigenvalue weighted by atomic mass is 10.2. The molecule has 0 aliphatic carbocycles. The molecule has 0 atom stereocenters. The van der Waals surface area contributed by atoms with E-state index in [-0.39, 0.29) is 5.91 Å². The molecule has 1 amide bonds. The summed E-state index contributed by atoms with van der Waals surface area (Å²) in [6.45, 7) is 6.06. The molecule has 1 aliphatic heterocycles. The number of piperazine rings is 1. The normalized spacial score (nSPS) is 15.2. The number of nitrogens with one attached hydrogen (secondary N) is 1. The Kier molecular flexibility index (Phi) is 6.84. The Morgan fingerprint density at radius 3 is 2.43 bits per heavy atom. The van der Waals surface area contributed by atoms with Crippen molar-refractivity contribution in [2.24, 2.45) is 0 Å². The smallest absolute Gasteiger partial charge is 0.273 e. The van der Waals surface area contributed by atoms with E-state index in [1.165, 1.54) is 11.8 Å². The van der Waals surface area contributed by atoms with E-state index in [4.69, 9.17) is 4.42 Å². The molecule has 7 heteroatoms. The van der Waals surface area contributed by atoms with Crippen molar-refractivity contribution in [2.75, 3.05) is 32.7 Å². The number of carbonyl (C=O) groups excluding carboxylic acids is 1. The van der Waals surface area contributed by atoms with Crippen molar-refractivity contribution < 1.29 is 9.21 Å². The van der Waals surface area contributed by atoms with Crippen LogP contribution < -0.4 is 5.32 Å². The fraction of sp³-hybridized carbons (Fsp3) is 0.348. The Balaban J connectivity index is 1.19. The van der Waals surface area contributed by atoms with Gasteiger partial charge in [-0.25, -0.2) is 4.98 Å². The second-order valence-corrected chi connectivity index (χ2v) is 7.49. The summed E-state index contributed by atoms with van der Waals surface area (Å²) in [4.78, 5) is 25.7. The molecular formula is C23H27N5O2. The number of pyridine rings is 1. The van der Waals surface area contributed by atoms with Gasteiger partial charge in [-0.1, -0.05) is 36.4 Å². The summed E-state index contributed by atoms with van der Waals surface area (Å²) in [6, 6.07) is 16.3. The fourth-order valence-corrected chi connectivity index (χ4v) is 3.57. The molecule has 3 aromatic rings. The van der Waals surface area contributed by atoms with Crippen LogP contribution in [0.5, 0.6) is 0 Å². The molecule has 1 N–H and O–H groups in total. The van der Waals surface area contributed by atoms with Gasteiger partial charge < -0.3 is 9.73 Å². The number of hydrogen-bond donors (Lipinski definition) is 1. The summed E-state index contributed by atoms with van der Waals surface area (Å²) in [5, 5.41) is 2.87. The van der Waals surface area contributed by atoms with Crippen molar-refractivity contribution in [3.05, 3.63) is 83.8 Å². The van der Waals surface area contributed by atoms with Crippen molar-refractivity contribution in [3.8, 4) is 0 Å². The molecule has 4 rings (SSSR count). The highest BCUT2D eigenvalue weighted by atomic mass is 16.3. The fourth-order valence-electron chi connectivity index (χ4n) is 3.57. The summed E-state index contributed by atoms with van der Waals surface area (Å²) in [5.41, 5.74) is 2.62. The van der Waals surface area contributed by atoms with Crippen molar-refractivity contribution in [2.45, 2.75) is 19.5 Å². The van der Waals surface area contributed by atoms with Crippen molar-refractivity contribution >= 4 is 5.91 Å². The van der Waals surface area contributed by atoms with Gasteiger partial charge in [0.1, 0.15) is 6.26 Å². The summed E-state index contributed by atoms with van der Waals surface area (Å²) >= 11 is 0. The topological polar surface area (TPSA) is 74.5 Å². The van der Waals surface area contributed by atoms with Gasteiger partial charge in [-0.15, -0.1) is 0 Å². The minimum atomic E-state index is -0.214. The van der Waals surface area contributed by atoms with Crippen LogP contribution in [0.3, 0.4) is 0 Å². The van der Waals surface area contributed by atoms with E-state index in [9.17, 15) is 4.79 Å². The van der Waals surface area contributed by atoms with Gasteiger partial charge in [0.05, 0.1) is 6.54 Å². The zero-order valence-corrected chi connectivity index (χ0v) is 17.0. The zero-order chi connectivity index (χ0) is 20.6. The Labute approximate surface area is 176 Å². The highest BCUT2D eigenvalue weighted by Gasteiger charge is 2.20. The Morgan fingerprint density at radius 1 is 0.967 bits per heavy atom. The van der Waals surface area contributed by atoms with E-state index in [1.807, 2.05) is 24.3 Å². The molecule has 0 radical (unpaired) electrons. The summed E-state index contributed by atoms with van der Waals surface area (Å²) in [5.74, 6) is 0.370. The highest BCUT2D eigenvalue weighted by Crippen LogP contribution is 2.12. The van der Waals surface area contributed by atoms with Gasteiger partial charge in [0, 0.05) is 57.6 Å². The first-order valence-corrected chi connectivity index (χ1v) is 10.4. The Morgan fingerprint density at radius 2 is 1.70 bits per heavy atom. The number of benzene rings is 1. The molecule has 30 heavy (non-hydrogen) atoms. The molecule has 1 saturated heterocycles. The highest BCUT2D eigenvalue weighted by molar-refractivity contribution is 5.91. The molecule has 3 heterocycles. The van der Waals surface area contributed by atoms with Gasteiger partial charge in [0.2, 0.25) is 5.89 Å². The third-order valence-corrected chi connectivity index (χ3v) is 5.25. The van der Waals surface area contributed by atoms with Crippen molar-refractivity contribution in [1.82, 2.24) is 25.1 Å². The van der Waals surface area contributed by atoms with E-state index in [2.05, 4.69) is 49.4 Å². The second kappa shape index (κ2) is 10.1. The first-order chi connectivity index (χ1) is 14.8. The van der Waals surface area contributed by atoms with Gasteiger partial charge in [-0.3, -0.25) is 19.6 Å². The van der Waals surface area contributed by atoms with Crippen LogP contribution in [0.4, 0.5) is 0 Å². The number of aromatic nitrogens is 2. The number of carbonyl (C=O) groups is 1. The lowest BCUT2D eigenvalue weighted by Gasteiger charge is -2.34. The molecule has 156 valence electrons. The molecule has 1 fully saturated rings. The second-order valence-electron chi connectivity index (χ2n) is 7.49. The maximum absolute atomic E-state index is 12.3. The summed E-state index contributed by atoms with van der Waals surface area (Å²) in [6.07, 6.45) is 3.88. The van der Waals surface area contributed by atoms with E-state index in [0.717, 1.165) is 38.4 Å². The lowest BCUT2D eigenvalue weighted by molar-refractivity contribution is 0.0948. The molecule has 1 aliphatic rings. The van der Waals surface area contributed by atoms with Gasteiger partial charge in [-0.05, 0) is 17.7 Å². The molecule has 0 spiro atoms. The average molecular weight is 406 g/mol. The Bertz CT molecular complexity index is 921. The molecule has 2 aromatic heterocycles. The van der Waals surface area contributed by atoms with Crippen LogP contribution >= 0.6 is 0 Å². The summed E-state index contributed by atoms with van der Waals surface area (Å²) in [7, 11) is 0. The largest absolute Gasteiger partial charge is 0.447 e. The first-order valence-electron chi connectivity index (χ1n) is 10.4. The number of amides is 1. The predicted octanol–water partition coefficient (Wildman–Crippen LogP) is 2.36. The number of rotatable bonds is 8. The minimum Gasteiger partial charge on any atom is -0.447 e. The van der Waals surface area contributed by atoms with Crippen LogP contribution in [-0.4, -0.2) is 58.4 Å². The van der Waals surface area contributed by atoms with Crippen LogP contribution in [0, 0.1) is 0 Å². The zero-order valence-electron chi connectivity index (χ0n) is 17.0. The van der Waals surface area contributed by atoms with E-state index < -0.39 is 0 Å². The Hall–Kier alpha value is -3.03. The molecule has 0 bridgehead atoms. The molecular weight excluding hydrogens is 378 g/mol. The predicted molar refractivity (Wildman–Crippen MR) is 114 cm³/mol. The first kappa shape index (κ1) is 20.3. The molecule has 0 unspecified atom stereocenters. The molecule has 7 nitrogen and oxygen atoms in total. The monoisotopic (exact) mass is 405 g/mol.